The van der Waals surface area contributed by atoms with E-state index in [0.29, 0.717) is 6.04 Å². The van der Waals surface area contributed by atoms with Crippen LogP contribution in [0.25, 0.3) is 0 Å². The molecule has 0 radical (unpaired) electrons. The zero-order chi connectivity index (χ0) is 11.5. The molecule has 88 valence electrons. The number of likely N-dealkylation sites (N-methyl/N-ethyl adjacent to an activating group) is 1. The summed E-state index contributed by atoms with van der Waals surface area (Å²) < 4.78 is 0. The minimum atomic E-state index is 0.672. The molecule has 0 saturated carbocycles. The van der Waals surface area contributed by atoms with Crippen molar-refractivity contribution in [3.8, 4) is 0 Å². The van der Waals surface area contributed by atoms with E-state index in [1.165, 1.54) is 36.2 Å². The zero-order valence-electron chi connectivity index (χ0n) is 10.6. The van der Waals surface area contributed by atoms with Gasteiger partial charge >= 0.3 is 0 Å². The number of hydrogen-bond acceptors (Lipinski definition) is 2. The molecule has 1 aliphatic rings. The minimum absolute atomic E-state index is 0.672. The van der Waals surface area contributed by atoms with Crippen LogP contribution in [0.4, 0.5) is 5.69 Å². The average molecular weight is 218 g/mol. The van der Waals surface area contributed by atoms with Crippen LogP contribution in [0.15, 0.2) is 18.2 Å². The second-order valence-electron chi connectivity index (χ2n) is 5.02. The first-order valence-corrected chi connectivity index (χ1v) is 6.18. The molecule has 0 amide bonds. The van der Waals surface area contributed by atoms with Crippen LogP contribution in [0.1, 0.15) is 24.0 Å². The Morgan fingerprint density at radius 1 is 1.25 bits per heavy atom. The number of benzene rings is 1. The topological polar surface area (TPSA) is 15.3 Å². The molecule has 1 atom stereocenters. The van der Waals surface area contributed by atoms with E-state index in [9.17, 15) is 0 Å². The van der Waals surface area contributed by atoms with Crippen LogP contribution in [-0.4, -0.2) is 26.2 Å². The van der Waals surface area contributed by atoms with Crippen LogP contribution in [0.2, 0.25) is 0 Å². The predicted octanol–water partition coefficient (Wildman–Crippen LogP) is 2.49. The first-order valence-electron chi connectivity index (χ1n) is 6.18. The molecule has 1 fully saturated rings. The van der Waals surface area contributed by atoms with Crippen LogP contribution < -0.4 is 10.2 Å². The van der Waals surface area contributed by atoms with Gasteiger partial charge in [-0.25, -0.2) is 0 Å². The van der Waals surface area contributed by atoms with Gasteiger partial charge in [-0.1, -0.05) is 6.07 Å². The van der Waals surface area contributed by atoms with E-state index < -0.39 is 0 Å². The molecule has 1 saturated heterocycles. The summed E-state index contributed by atoms with van der Waals surface area (Å²) in [6.45, 7) is 6.63. The maximum Gasteiger partial charge on any atom is 0.0369 e. The van der Waals surface area contributed by atoms with Crippen molar-refractivity contribution in [1.82, 2.24) is 5.32 Å². The highest BCUT2D eigenvalue weighted by molar-refractivity contribution is 5.50. The Balaban J connectivity index is 2.04. The quantitative estimate of drug-likeness (QED) is 0.838. The Labute approximate surface area is 98.7 Å². The molecule has 0 bridgehead atoms. The molecule has 16 heavy (non-hydrogen) atoms. The molecular weight excluding hydrogens is 196 g/mol. The highest BCUT2D eigenvalue weighted by Gasteiger charge is 2.16. The van der Waals surface area contributed by atoms with Crippen molar-refractivity contribution in [2.45, 2.75) is 32.7 Å². The second kappa shape index (κ2) is 4.88. The standard InChI is InChI=1S/C14H22N2/c1-11-7-12(2)9-14(8-11)16(3)10-13-5-4-6-15-13/h7-9,13,15H,4-6,10H2,1-3H3/t13-/m0/s1. The first kappa shape index (κ1) is 11.5. The van der Waals surface area contributed by atoms with Crippen molar-refractivity contribution < 1.29 is 0 Å². The molecule has 1 N–H and O–H groups in total. The van der Waals surface area contributed by atoms with Gasteiger partial charge in [-0.05, 0) is 56.5 Å². The van der Waals surface area contributed by atoms with E-state index in [4.69, 9.17) is 0 Å². The van der Waals surface area contributed by atoms with E-state index in [1.54, 1.807) is 0 Å². The smallest absolute Gasteiger partial charge is 0.0369 e. The molecule has 2 nitrogen and oxygen atoms in total. The molecule has 0 aliphatic carbocycles. The van der Waals surface area contributed by atoms with E-state index in [1.807, 2.05) is 0 Å². The SMILES string of the molecule is Cc1cc(C)cc(N(C)C[C@@H]2CCCN2)c1. The molecule has 1 aromatic rings. The van der Waals surface area contributed by atoms with Crippen LogP contribution in [-0.2, 0) is 0 Å². The van der Waals surface area contributed by atoms with Crippen molar-refractivity contribution in [2.75, 3.05) is 25.0 Å². The number of nitrogens with one attached hydrogen (secondary N) is 1. The lowest BCUT2D eigenvalue weighted by Crippen LogP contribution is -2.35. The number of hydrogen-bond donors (Lipinski definition) is 1. The molecule has 0 unspecified atom stereocenters. The zero-order valence-corrected chi connectivity index (χ0v) is 10.6. The van der Waals surface area contributed by atoms with Crippen LogP contribution in [0, 0.1) is 13.8 Å². The van der Waals surface area contributed by atoms with Crippen LogP contribution in [0.5, 0.6) is 0 Å². The molecule has 2 rings (SSSR count). The van der Waals surface area contributed by atoms with Gasteiger partial charge < -0.3 is 10.2 Å². The Bertz CT molecular complexity index is 334. The minimum Gasteiger partial charge on any atom is -0.373 e. The summed E-state index contributed by atoms with van der Waals surface area (Å²) in [5.74, 6) is 0. The summed E-state index contributed by atoms with van der Waals surface area (Å²) >= 11 is 0. The van der Waals surface area contributed by atoms with Crippen molar-refractivity contribution in [1.29, 1.82) is 0 Å². The second-order valence-corrected chi connectivity index (χ2v) is 5.02. The molecular formula is C14H22N2. The highest BCUT2D eigenvalue weighted by atomic mass is 15.1. The van der Waals surface area contributed by atoms with Gasteiger partial charge in [0.25, 0.3) is 0 Å². The Hall–Kier alpha value is -1.02. The molecule has 1 aromatic carbocycles. The lowest BCUT2D eigenvalue weighted by atomic mass is 10.1. The molecule has 0 aromatic heterocycles. The van der Waals surface area contributed by atoms with Gasteiger partial charge in [-0.2, -0.15) is 0 Å². The summed E-state index contributed by atoms with van der Waals surface area (Å²) in [5, 5.41) is 3.54. The molecule has 0 spiro atoms. The van der Waals surface area contributed by atoms with Crippen molar-refractivity contribution in [3.05, 3.63) is 29.3 Å². The van der Waals surface area contributed by atoms with Gasteiger partial charge in [0.15, 0.2) is 0 Å². The fraction of sp³-hybridized carbons (Fsp3) is 0.571. The number of nitrogens with zero attached hydrogens (tertiary/aromatic N) is 1. The van der Waals surface area contributed by atoms with Gasteiger partial charge in [0, 0.05) is 25.3 Å². The Kier molecular flexibility index (Phi) is 3.49. The lowest BCUT2D eigenvalue weighted by molar-refractivity contribution is 0.599. The van der Waals surface area contributed by atoms with E-state index in [0.717, 1.165) is 6.54 Å². The van der Waals surface area contributed by atoms with E-state index in [-0.39, 0.29) is 0 Å². The van der Waals surface area contributed by atoms with Crippen molar-refractivity contribution in [2.24, 2.45) is 0 Å². The summed E-state index contributed by atoms with van der Waals surface area (Å²) in [7, 11) is 2.19. The summed E-state index contributed by atoms with van der Waals surface area (Å²) in [5.41, 5.74) is 4.04. The predicted molar refractivity (Wildman–Crippen MR) is 70.2 cm³/mol. The third-order valence-corrected chi connectivity index (χ3v) is 3.30. The van der Waals surface area contributed by atoms with Gasteiger partial charge in [-0.3, -0.25) is 0 Å². The van der Waals surface area contributed by atoms with Gasteiger partial charge in [0.1, 0.15) is 0 Å². The van der Waals surface area contributed by atoms with Gasteiger partial charge in [0.2, 0.25) is 0 Å². The number of rotatable bonds is 3. The fourth-order valence-corrected chi connectivity index (χ4v) is 2.52. The molecule has 1 aliphatic heterocycles. The summed E-state index contributed by atoms with van der Waals surface area (Å²) in [6, 6.07) is 7.43. The largest absolute Gasteiger partial charge is 0.373 e. The fourth-order valence-electron chi connectivity index (χ4n) is 2.52. The Morgan fingerprint density at radius 2 is 1.94 bits per heavy atom. The van der Waals surface area contributed by atoms with Crippen LogP contribution >= 0.6 is 0 Å². The summed E-state index contributed by atoms with van der Waals surface area (Å²) in [4.78, 5) is 2.36. The number of anilines is 1. The molecule has 1 heterocycles. The average Bonchev–Trinajstić information content (AvgIpc) is 2.68. The third kappa shape index (κ3) is 2.76. The van der Waals surface area contributed by atoms with Crippen LogP contribution in [0.3, 0.4) is 0 Å². The van der Waals surface area contributed by atoms with Crippen molar-refractivity contribution >= 4 is 5.69 Å². The summed E-state index contributed by atoms with van der Waals surface area (Å²) in [6.07, 6.45) is 2.64. The van der Waals surface area contributed by atoms with Gasteiger partial charge in [0.05, 0.1) is 0 Å². The highest BCUT2D eigenvalue weighted by Crippen LogP contribution is 2.18. The monoisotopic (exact) mass is 218 g/mol. The normalized spacial score (nSPS) is 20.1. The van der Waals surface area contributed by atoms with Gasteiger partial charge in [-0.15, -0.1) is 0 Å². The lowest BCUT2D eigenvalue weighted by Gasteiger charge is -2.24. The van der Waals surface area contributed by atoms with E-state index in [2.05, 4.69) is 49.3 Å². The first-order chi connectivity index (χ1) is 7.65. The maximum absolute atomic E-state index is 3.54. The van der Waals surface area contributed by atoms with Crippen molar-refractivity contribution in [3.63, 3.8) is 0 Å². The molecule has 2 heteroatoms. The maximum atomic E-state index is 3.54. The third-order valence-electron chi connectivity index (χ3n) is 3.30. The Morgan fingerprint density at radius 3 is 2.50 bits per heavy atom. The number of aryl methyl sites for hydroxylation is 2. The van der Waals surface area contributed by atoms with E-state index >= 15 is 0 Å².